The molecule has 0 bridgehead atoms. The zero-order valence-corrected chi connectivity index (χ0v) is 15.2. The van der Waals surface area contributed by atoms with Crippen LogP contribution in [0.5, 0.6) is 5.75 Å². The van der Waals surface area contributed by atoms with Gasteiger partial charge in [0.1, 0.15) is 0 Å². The first-order chi connectivity index (χ1) is 12.4. The van der Waals surface area contributed by atoms with Gasteiger partial charge in [0.15, 0.2) is 22.2 Å². The lowest BCUT2D eigenvalue weighted by molar-refractivity contribution is -0.385. The molecular formula is C17H22N2O6S. The molecule has 3 rings (SSSR count). The third-order valence-electron chi connectivity index (χ3n) is 5.02. The average molecular weight is 382 g/mol. The van der Waals surface area contributed by atoms with Crippen molar-refractivity contribution in [3.8, 4) is 5.75 Å². The van der Waals surface area contributed by atoms with Gasteiger partial charge in [0.25, 0.3) is 5.91 Å². The molecule has 1 heterocycles. The van der Waals surface area contributed by atoms with Crippen LogP contribution in [0.4, 0.5) is 5.69 Å². The predicted molar refractivity (Wildman–Crippen MR) is 94.8 cm³/mol. The van der Waals surface area contributed by atoms with E-state index < -0.39 is 14.8 Å². The molecule has 1 amide bonds. The lowest BCUT2D eigenvalue weighted by atomic mass is 10.1. The van der Waals surface area contributed by atoms with Gasteiger partial charge in [0.05, 0.1) is 16.4 Å². The number of nitro benzene ring substituents is 1. The van der Waals surface area contributed by atoms with Crippen molar-refractivity contribution in [3.63, 3.8) is 0 Å². The number of carbonyl (C=O) groups excluding carboxylic acids is 1. The molecule has 142 valence electrons. The second-order valence-corrected chi connectivity index (χ2v) is 9.04. The monoisotopic (exact) mass is 382 g/mol. The molecule has 2 aliphatic rings. The van der Waals surface area contributed by atoms with Crippen LogP contribution in [0.1, 0.15) is 32.1 Å². The molecule has 1 saturated carbocycles. The summed E-state index contributed by atoms with van der Waals surface area (Å²) in [6.45, 7) is -0.335. The first kappa shape index (κ1) is 18.6. The molecule has 2 fully saturated rings. The van der Waals surface area contributed by atoms with Gasteiger partial charge in [-0.3, -0.25) is 14.9 Å². The van der Waals surface area contributed by atoms with E-state index in [2.05, 4.69) is 0 Å². The van der Waals surface area contributed by atoms with Crippen molar-refractivity contribution in [2.24, 2.45) is 0 Å². The van der Waals surface area contributed by atoms with Gasteiger partial charge in [-0.2, -0.15) is 0 Å². The van der Waals surface area contributed by atoms with E-state index in [-0.39, 0.29) is 47.5 Å². The van der Waals surface area contributed by atoms with Crippen molar-refractivity contribution in [2.75, 3.05) is 18.1 Å². The minimum absolute atomic E-state index is 0.0132. The van der Waals surface area contributed by atoms with Gasteiger partial charge in [-0.15, -0.1) is 0 Å². The molecular weight excluding hydrogens is 360 g/mol. The van der Waals surface area contributed by atoms with E-state index in [0.29, 0.717) is 6.42 Å². The number of nitrogens with zero attached hydrogens (tertiary/aromatic N) is 2. The Bertz CT molecular complexity index is 788. The number of ether oxygens (including phenoxy) is 1. The van der Waals surface area contributed by atoms with Gasteiger partial charge >= 0.3 is 5.69 Å². The summed E-state index contributed by atoms with van der Waals surface area (Å²) in [6, 6.07) is 5.59. The fourth-order valence-electron chi connectivity index (χ4n) is 3.83. The number of rotatable bonds is 6. The van der Waals surface area contributed by atoms with Crippen LogP contribution in [0.2, 0.25) is 0 Å². The number of benzene rings is 1. The lowest BCUT2D eigenvalue weighted by Gasteiger charge is -2.34. The minimum atomic E-state index is -3.11. The summed E-state index contributed by atoms with van der Waals surface area (Å²) in [6.07, 6.45) is 4.18. The Morgan fingerprint density at radius 2 is 1.88 bits per heavy atom. The predicted octanol–water partition coefficient (Wildman–Crippen LogP) is 1.93. The van der Waals surface area contributed by atoms with Gasteiger partial charge in [-0.25, -0.2) is 8.42 Å². The number of hydrogen-bond acceptors (Lipinski definition) is 6. The Morgan fingerprint density at radius 1 is 1.19 bits per heavy atom. The molecule has 0 unspecified atom stereocenters. The summed E-state index contributed by atoms with van der Waals surface area (Å²) >= 11 is 0. The zero-order valence-electron chi connectivity index (χ0n) is 14.4. The van der Waals surface area contributed by atoms with Crippen molar-refractivity contribution in [3.05, 3.63) is 34.4 Å². The molecule has 1 aliphatic heterocycles. The minimum Gasteiger partial charge on any atom is -0.477 e. The molecule has 8 nitrogen and oxygen atoms in total. The smallest absolute Gasteiger partial charge is 0.310 e. The topological polar surface area (TPSA) is 107 Å². The highest BCUT2D eigenvalue weighted by Gasteiger charge is 2.39. The van der Waals surface area contributed by atoms with Crippen LogP contribution < -0.4 is 4.74 Å². The molecule has 1 aliphatic carbocycles. The molecule has 0 radical (unpaired) electrons. The molecule has 0 spiro atoms. The third-order valence-corrected chi connectivity index (χ3v) is 6.77. The van der Waals surface area contributed by atoms with Crippen molar-refractivity contribution in [2.45, 2.75) is 44.2 Å². The SMILES string of the molecule is O=C(COc1ccccc1[N+](=O)[O-])N(C1CCCC1)[C@H]1CCS(=O)(=O)C1. The van der Waals surface area contributed by atoms with E-state index in [1.165, 1.54) is 18.2 Å². The second-order valence-electron chi connectivity index (χ2n) is 6.81. The van der Waals surface area contributed by atoms with Crippen LogP contribution in [-0.2, 0) is 14.6 Å². The molecule has 9 heteroatoms. The number of para-hydroxylation sites is 2. The molecule has 1 saturated heterocycles. The van der Waals surface area contributed by atoms with Crippen LogP contribution in [0.3, 0.4) is 0 Å². The van der Waals surface area contributed by atoms with Crippen LogP contribution >= 0.6 is 0 Å². The highest BCUT2D eigenvalue weighted by atomic mass is 32.2. The maximum absolute atomic E-state index is 12.8. The van der Waals surface area contributed by atoms with Gasteiger partial charge in [0, 0.05) is 18.2 Å². The second kappa shape index (κ2) is 7.61. The van der Waals surface area contributed by atoms with E-state index in [1.807, 2.05) is 0 Å². The molecule has 0 N–H and O–H groups in total. The Morgan fingerprint density at radius 3 is 2.50 bits per heavy atom. The van der Waals surface area contributed by atoms with E-state index in [0.717, 1.165) is 25.7 Å². The van der Waals surface area contributed by atoms with Gasteiger partial charge in [-0.1, -0.05) is 25.0 Å². The maximum atomic E-state index is 12.8. The molecule has 1 aromatic rings. The summed E-state index contributed by atoms with van der Waals surface area (Å²) in [5, 5.41) is 11.1. The van der Waals surface area contributed by atoms with Crippen LogP contribution in [0, 0.1) is 10.1 Å². The van der Waals surface area contributed by atoms with E-state index >= 15 is 0 Å². The average Bonchev–Trinajstić information content (AvgIpc) is 3.23. The number of sulfone groups is 1. The number of hydrogen-bond donors (Lipinski definition) is 0. The summed E-state index contributed by atoms with van der Waals surface area (Å²) in [7, 11) is -3.11. The molecule has 26 heavy (non-hydrogen) atoms. The fourth-order valence-corrected chi connectivity index (χ4v) is 5.54. The van der Waals surface area contributed by atoms with Gasteiger partial charge < -0.3 is 9.64 Å². The van der Waals surface area contributed by atoms with Crippen molar-refractivity contribution in [1.82, 2.24) is 4.90 Å². The summed E-state index contributed by atoms with van der Waals surface area (Å²) in [5.74, 6) is -0.187. The van der Waals surface area contributed by atoms with Crippen LogP contribution in [0.25, 0.3) is 0 Å². The summed E-state index contributed by atoms with van der Waals surface area (Å²) < 4.78 is 29.1. The molecule has 1 aromatic carbocycles. The first-order valence-corrected chi connectivity index (χ1v) is 10.6. The first-order valence-electron chi connectivity index (χ1n) is 8.75. The lowest BCUT2D eigenvalue weighted by Crippen LogP contribution is -2.48. The Labute approximate surface area is 152 Å². The Balaban J connectivity index is 1.73. The van der Waals surface area contributed by atoms with Gasteiger partial charge in [0.2, 0.25) is 0 Å². The largest absolute Gasteiger partial charge is 0.477 e. The third kappa shape index (κ3) is 4.14. The normalized spacial score (nSPS) is 22.2. The summed E-state index contributed by atoms with van der Waals surface area (Å²) in [5.41, 5.74) is -0.198. The standard InChI is InChI=1S/C17H22N2O6S/c20-17(11-25-16-8-4-3-7-15(16)19(21)22)18(13-5-1-2-6-13)14-9-10-26(23,24)12-14/h3-4,7-8,13-14H,1-2,5-6,9-12H2/t14-/m0/s1. The maximum Gasteiger partial charge on any atom is 0.310 e. The van der Waals surface area contributed by atoms with Gasteiger partial charge in [-0.05, 0) is 25.3 Å². The van der Waals surface area contributed by atoms with E-state index in [4.69, 9.17) is 4.74 Å². The van der Waals surface area contributed by atoms with Crippen molar-refractivity contribution < 1.29 is 22.9 Å². The number of amides is 1. The summed E-state index contributed by atoms with van der Waals surface area (Å²) in [4.78, 5) is 25.0. The fraction of sp³-hybridized carbons (Fsp3) is 0.588. The van der Waals surface area contributed by atoms with Crippen LogP contribution in [0.15, 0.2) is 24.3 Å². The van der Waals surface area contributed by atoms with Crippen LogP contribution in [-0.4, -0.2) is 54.3 Å². The quantitative estimate of drug-likeness (QED) is 0.550. The van der Waals surface area contributed by atoms with E-state index in [9.17, 15) is 23.3 Å². The highest BCUT2D eigenvalue weighted by Crippen LogP contribution is 2.30. The van der Waals surface area contributed by atoms with Crippen molar-refractivity contribution in [1.29, 1.82) is 0 Å². The Kier molecular flexibility index (Phi) is 5.45. The number of nitro groups is 1. The Hall–Kier alpha value is -2.16. The van der Waals surface area contributed by atoms with Crippen molar-refractivity contribution >= 4 is 21.4 Å². The highest BCUT2D eigenvalue weighted by molar-refractivity contribution is 7.91. The number of carbonyl (C=O) groups is 1. The molecule has 1 atom stereocenters. The zero-order chi connectivity index (χ0) is 18.7. The molecule has 0 aromatic heterocycles. The van der Waals surface area contributed by atoms with E-state index in [1.54, 1.807) is 11.0 Å².